The second-order valence-corrected chi connectivity index (χ2v) is 6.39. The van der Waals surface area contributed by atoms with Crippen LogP contribution in [0.25, 0.3) is 0 Å². The summed E-state index contributed by atoms with van der Waals surface area (Å²) in [5, 5.41) is 0.843. The Morgan fingerprint density at radius 1 is 1.24 bits per heavy atom. The highest BCUT2D eigenvalue weighted by Gasteiger charge is 2.44. The lowest BCUT2D eigenvalue weighted by molar-refractivity contribution is -0.000186. The molecule has 0 atom stereocenters. The maximum Gasteiger partial charge on any atom is 0.0640 e. The molecule has 0 radical (unpaired) electrons. The van der Waals surface area contributed by atoms with E-state index in [1.165, 1.54) is 12.8 Å². The zero-order valence-corrected chi connectivity index (χ0v) is 11.9. The van der Waals surface area contributed by atoms with E-state index in [2.05, 4.69) is 26.9 Å². The summed E-state index contributed by atoms with van der Waals surface area (Å²) < 4.78 is 6.52. The molecule has 0 aliphatic carbocycles. The molecule has 1 aromatic rings. The van der Waals surface area contributed by atoms with Gasteiger partial charge >= 0.3 is 0 Å². The summed E-state index contributed by atoms with van der Waals surface area (Å²) in [6.45, 7) is 4.07. The quantitative estimate of drug-likeness (QED) is 0.783. The monoisotopic (exact) mass is 315 g/mol. The maximum absolute atomic E-state index is 6.24. The van der Waals surface area contributed by atoms with Gasteiger partial charge in [0.25, 0.3) is 0 Å². The van der Waals surface area contributed by atoms with Gasteiger partial charge in [-0.15, -0.1) is 0 Å². The third kappa shape index (κ3) is 2.20. The van der Waals surface area contributed by atoms with Crippen molar-refractivity contribution in [3.05, 3.63) is 27.7 Å². The van der Waals surface area contributed by atoms with Crippen molar-refractivity contribution in [2.45, 2.75) is 12.8 Å². The Labute approximate surface area is 115 Å². The number of halogens is 2. The highest BCUT2D eigenvalue weighted by atomic mass is 79.9. The summed E-state index contributed by atoms with van der Waals surface area (Å²) in [6.07, 6.45) is 2.38. The normalized spacial score (nSPS) is 22.6. The van der Waals surface area contributed by atoms with Gasteiger partial charge in [0.2, 0.25) is 0 Å². The van der Waals surface area contributed by atoms with Crippen molar-refractivity contribution in [3.8, 4) is 0 Å². The largest absolute Gasteiger partial charge is 0.381 e. The maximum atomic E-state index is 6.24. The summed E-state index contributed by atoms with van der Waals surface area (Å²) >= 11 is 9.74. The summed E-state index contributed by atoms with van der Waals surface area (Å²) in [7, 11) is 0. The molecule has 0 amide bonds. The molecule has 2 heterocycles. The van der Waals surface area contributed by atoms with Gasteiger partial charge in [0.05, 0.1) is 10.7 Å². The highest BCUT2D eigenvalue weighted by Crippen LogP contribution is 2.44. The van der Waals surface area contributed by atoms with Gasteiger partial charge in [-0.25, -0.2) is 0 Å². The van der Waals surface area contributed by atoms with Crippen molar-refractivity contribution in [1.29, 1.82) is 0 Å². The first-order valence-electron chi connectivity index (χ1n) is 5.96. The molecule has 2 saturated heterocycles. The van der Waals surface area contributed by atoms with Crippen LogP contribution in [-0.4, -0.2) is 26.3 Å². The van der Waals surface area contributed by atoms with E-state index in [0.717, 1.165) is 41.5 Å². The minimum atomic E-state index is 0.490. The topological polar surface area (TPSA) is 12.5 Å². The zero-order valence-electron chi connectivity index (χ0n) is 9.59. The molecule has 0 aromatic heterocycles. The van der Waals surface area contributed by atoms with E-state index in [9.17, 15) is 0 Å². The Morgan fingerprint density at radius 3 is 2.65 bits per heavy atom. The van der Waals surface area contributed by atoms with Crippen LogP contribution in [0.4, 0.5) is 5.69 Å². The SMILES string of the molecule is Clc1ccc(Br)cc1N1CC2(CCOCC2)C1. The fourth-order valence-corrected chi connectivity index (χ4v) is 3.37. The molecule has 0 unspecified atom stereocenters. The van der Waals surface area contributed by atoms with Gasteiger partial charge in [0.15, 0.2) is 0 Å². The first-order valence-corrected chi connectivity index (χ1v) is 7.13. The molecule has 3 rings (SSSR count). The fraction of sp³-hybridized carbons (Fsp3) is 0.538. The molecule has 0 bridgehead atoms. The summed E-state index contributed by atoms with van der Waals surface area (Å²) in [4.78, 5) is 2.37. The van der Waals surface area contributed by atoms with Crippen LogP contribution in [0.1, 0.15) is 12.8 Å². The van der Waals surface area contributed by atoms with Crippen LogP contribution in [0.3, 0.4) is 0 Å². The van der Waals surface area contributed by atoms with E-state index in [1.54, 1.807) is 0 Å². The van der Waals surface area contributed by atoms with Gasteiger partial charge in [-0.1, -0.05) is 27.5 Å². The van der Waals surface area contributed by atoms with Crippen molar-refractivity contribution in [3.63, 3.8) is 0 Å². The van der Waals surface area contributed by atoms with Crippen molar-refractivity contribution in [2.24, 2.45) is 5.41 Å². The summed E-state index contributed by atoms with van der Waals surface area (Å²) in [5.74, 6) is 0. The molecule has 92 valence electrons. The Balaban J connectivity index is 1.74. The molecule has 1 spiro atoms. The van der Waals surface area contributed by atoms with E-state index in [0.29, 0.717) is 5.41 Å². The van der Waals surface area contributed by atoms with Crippen molar-refractivity contribution in [1.82, 2.24) is 0 Å². The van der Waals surface area contributed by atoms with Crippen LogP contribution in [-0.2, 0) is 4.74 Å². The molecule has 2 aliphatic rings. The van der Waals surface area contributed by atoms with Crippen molar-refractivity contribution >= 4 is 33.2 Å². The number of hydrogen-bond donors (Lipinski definition) is 0. The third-order valence-electron chi connectivity index (χ3n) is 3.85. The fourth-order valence-electron chi connectivity index (χ4n) is 2.78. The lowest BCUT2D eigenvalue weighted by atomic mass is 9.73. The lowest BCUT2D eigenvalue weighted by Gasteiger charge is -2.53. The van der Waals surface area contributed by atoms with Crippen molar-refractivity contribution < 1.29 is 4.74 Å². The van der Waals surface area contributed by atoms with Crippen LogP contribution in [0.5, 0.6) is 0 Å². The van der Waals surface area contributed by atoms with Crippen LogP contribution >= 0.6 is 27.5 Å². The second kappa shape index (κ2) is 4.45. The van der Waals surface area contributed by atoms with Gasteiger partial charge in [-0.2, -0.15) is 0 Å². The molecule has 2 fully saturated rings. The smallest absolute Gasteiger partial charge is 0.0640 e. The average Bonchev–Trinajstić information content (AvgIpc) is 2.30. The van der Waals surface area contributed by atoms with Gasteiger partial charge in [0, 0.05) is 36.2 Å². The number of rotatable bonds is 1. The summed E-state index contributed by atoms with van der Waals surface area (Å²) in [6, 6.07) is 6.04. The Bertz CT molecular complexity index is 423. The number of hydrogen-bond acceptors (Lipinski definition) is 2. The lowest BCUT2D eigenvalue weighted by Crippen LogP contribution is -2.58. The van der Waals surface area contributed by atoms with Crippen LogP contribution in [0.2, 0.25) is 5.02 Å². The molecule has 1 aromatic carbocycles. The Hall–Kier alpha value is -0.250. The molecule has 4 heteroatoms. The minimum absolute atomic E-state index is 0.490. The van der Waals surface area contributed by atoms with Gasteiger partial charge in [-0.3, -0.25) is 0 Å². The van der Waals surface area contributed by atoms with Crippen molar-refractivity contribution in [2.75, 3.05) is 31.2 Å². The molecular weight excluding hydrogens is 302 g/mol. The first kappa shape index (κ1) is 11.8. The number of nitrogens with zero attached hydrogens (tertiary/aromatic N) is 1. The molecule has 2 nitrogen and oxygen atoms in total. The summed E-state index contributed by atoms with van der Waals surface area (Å²) in [5.41, 5.74) is 1.64. The van der Waals surface area contributed by atoms with Crippen LogP contribution < -0.4 is 4.90 Å². The molecule has 0 N–H and O–H groups in total. The predicted molar refractivity (Wildman–Crippen MR) is 73.9 cm³/mol. The second-order valence-electron chi connectivity index (χ2n) is 5.06. The van der Waals surface area contributed by atoms with Crippen LogP contribution in [0, 0.1) is 5.41 Å². The molecule has 2 aliphatic heterocycles. The van der Waals surface area contributed by atoms with Gasteiger partial charge in [-0.05, 0) is 31.0 Å². The van der Waals surface area contributed by atoms with E-state index >= 15 is 0 Å². The number of anilines is 1. The zero-order chi connectivity index (χ0) is 11.9. The Morgan fingerprint density at radius 2 is 1.94 bits per heavy atom. The molecule has 0 saturated carbocycles. The number of benzene rings is 1. The van der Waals surface area contributed by atoms with E-state index < -0.39 is 0 Å². The van der Waals surface area contributed by atoms with Gasteiger partial charge in [0.1, 0.15) is 0 Å². The van der Waals surface area contributed by atoms with Gasteiger partial charge < -0.3 is 9.64 Å². The average molecular weight is 317 g/mol. The first-order chi connectivity index (χ1) is 8.19. The number of ether oxygens (including phenoxy) is 1. The Kier molecular flexibility index (Phi) is 3.09. The van der Waals surface area contributed by atoms with E-state index in [4.69, 9.17) is 16.3 Å². The predicted octanol–water partition coefficient (Wildman–Crippen LogP) is 3.72. The van der Waals surface area contributed by atoms with E-state index in [-0.39, 0.29) is 0 Å². The minimum Gasteiger partial charge on any atom is -0.381 e. The standard InChI is InChI=1S/C13H15BrClNO/c14-10-1-2-11(15)12(7-10)16-8-13(9-16)3-5-17-6-4-13/h1-2,7H,3-6,8-9H2. The third-order valence-corrected chi connectivity index (χ3v) is 4.67. The van der Waals surface area contributed by atoms with Crippen LogP contribution in [0.15, 0.2) is 22.7 Å². The highest BCUT2D eigenvalue weighted by molar-refractivity contribution is 9.10. The van der Waals surface area contributed by atoms with E-state index in [1.807, 2.05) is 12.1 Å². The molecular formula is C13H15BrClNO. The molecule has 17 heavy (non-hydrogen) atoms.